The zero-order valence-corrected chi connectivity index (χ0v) is 21.3. The average molecular weight is 501 g/mol. The number of amides is 1. The summed E-state index contributed by atoms with van der Waals surface area (Å²) >= 11 is 1.46. The largest absolute Gasteiger partial charge is 0.508 e. The van der Waals surface area contributed by atoms with E-state index >= 15 is 0 Å². The standard InChI is InChI=1S/C30H32N2O3S/c33-26-5-4-24(15-25(26)30-16-20-10-21(17-30)12-22(11-20)18-30)23-3-1-2-19(13-23)14-27-28(34)31-29(36-27)32-6-8-35-9-7-32/h1-5,13-15,20-22,33H,6-12,16-18H2/b27-14-. The van der Waals surface area contributed by atoms with Crippen LogP contribution in [0.4, 0.5) is 0 Å². The Morgan fingerprint density at radius 3 is 2.39 bits per heavy atom. The molecule has 2 heterocycles. The molecule has 4 saturated carbocycles. The quantitative estimate of drug-likeness (QED) is 0.538. The summed E-state index contributed by atoms with van der Waals surface area (Å²) in [5, 5.41) is 11.8. The first-order chi connectivity index (χ1) is 17.5. The monoisotopic (exact) mass is 500 g/mol. The molecule has 186 valence electrons. The SMILES string of the molecule is O=C1N=C(N2CCOCC2)S/C1=C\c1cccc(-c2ccc(O)c(C34CC5CC(CC(C5)C3)C4)c2)c1. The molecule has 5 nitrogen and oxygen atoms in total. The van der Waals surface area contributed by atoms with Crippen molar-refractivity contribution in [2.45, 2.75) is 43.9 Å². The summed E-state index contributed by atoms with van der Waals surface area (Å²) in [6.45, 7) is 2.89. The van der Waals surface area contributed by atoms with Gasteiger partial charge in [-0.25, -0.2) is 0 Å². The summed E-state index contributed by atoms with van der Waals surface area (Å²) in [5.41, 5.74) is 4.54. The smallest absolute Gasteiger partial charge is 0.286 e. The highest BCUT2D eigenvalue weighted by molar-refractivity contribution is 8.18. The second kappa shape index (κ2) is 8.77. The molecule has 0 unspecified atom stereocenters. The predicted octanol–water partition coefficient (Wildman–Crippen LogP) is 5.83. The van der Waals surface area contributed by atoms with E-state index < -0.39 is 0 Å². The number of hydrogen-bond acceptors (Lipinski definition) is 5. The Kier molecular flexibility index (Phi) is 5.51. The Labute approximate surface area is 216 Å². The lowest BCUT2D eigenvalue weighted by Gasteiger charge is -2.57. The fraction of sp³-hybridized carbons (Fsp3) is 0.467. The second-order valence-corrected chi connectivity index (χ2v) is 12.5. The molecular weight excluding hydrogens is 468 g/mol. The normalized spacial score (nSPS) is 32.4. The number of nitrogens with zero attached hydrogens (tertiary/aromatic N) is 2. The third-order valence-corrected chi connectivity index (χ3v) is 10.1. The van der Waals surface area contributed by atoms with Gasteiger partial charge >= 0.3 is 0 Å². The van der Waals surface area contributed by atoms with Crippen molar-refractivity contribution in [3.63, 3.8) is 0 Å². The summed E-state index contributed by atoms with van der Waals surface area (Å²) in [6, 6.07) is 14.5. The minimum Gasteiger partial charge on any atom is -0.508 e. The van der Waals surface area contributed by atoms with Gasteiger partial charge in [0.05, 0.1) is 18.1 Å². The van der Waals surface area contributed by atoms with Crippen LogP contribution in [0.15, 0.2) is 52.4 Å². The van der Waals surface area contributed by atoms with Gasteiger partial charge in [-0.1, -0.05) is 24.3 Å². The van der Waals surface area contributed by atoms with Gasteiger partial charge in [0.2, 0.25) is 0 Å². The first-order valence-electron chi connectivity index (χ1n) is 13.3. The third kappa shape index (κ3) is 3.99. The molecule has 2 aromatic carbocycles. The molecule has 6 heteroatoms. The van der Waals surface area contributed by atoms with Crippen LogP contribution in [0.2, 0.25) is 0 Å². The Morgan fingerprint density at radius 2 is 1.67 bits per heavy atom. The van der Waals surface area contributed by atoms with Crippen LogP contribution in [-0.4, -0.2) is 47.4 Å². The molecule has 1 N–H and O–H groups in total. The average Bonchev–Trinajstić information content (AvgIpc) is 3.24. The number of carbonyl (C=O) groups is 1. The Hall–Kier alpha value is -2.57. The number of carbonyl (C=O) groups excluding carboxylic acids is 1. The van der Waals surface area contributed by atoms with Crippen molar-refractivity contribution in [3.8, 4) is 16.9 Å². The molecule has 2 aromatic rings. The zero-order valence-electron chi connectivity index (χ0n) is 20.5. The fourth-order valence-electron chi connectivity index (χ4n) is 7.83. The maximum Gasteiger partial charge on any atom is 0.286 e. The Morgan fingerprint density at radius 1 is 0.972 bits per heavy atom. The van der Waals surface area contributed by atoms with Gasteiger partial charge in [-0.05, 0) is 114 Å². The molecule has 8 rings (SSSR count). The van der Waals surface area contributed by atoms with Gasteiger partial charge in [-0.15, -0.1) is 0 Å². The number of amidine groups is 1. The van der Waals surface area contributed by atoms with Gasteiger partial charge in [0.1, 0.15) is 5.75 Å². The topological polar surface area (TPSA) is 62.1 Å². The number of aromatic hydroxyl groups is 1. The van der Waals surface area contributed by atoms with Crippen LogP contribution in [0.1, 0.15) is 49.7 Å². The molecule has 0 spiro atoms. The molecule has 0 aromatic heterocycles. The van der Waals surface area contributed by atoms with Gasteiger partial charge < -0.3 is 14.7 Å². The third-order valence-electron chi connectivity index (χ3n) is 9.01. The number of aliphatic imine (C=N–C) groups is 1. The number of hydrogen-bond donors (Lipinski definition) is 1. The van der Waals surface area contributed by atoms with E-state index in [-0.39, 0.29) is 11.3 Å². The van der Waals surface area contributed by atoms with Gasteiger partial charge in [-0.2, -0.15) is 4.99 Å². The van der Waals surface area contributed by atoms with E-state index in [1.807, 2.05) is 30.3 Å². The Bertz CT molecular complexity index is 1240. The highest BCUT2D eigenvalue weighted by Gasteiger charge is 2.52. The van der Waals surface area contributed by atoms with Crippen molar-refractivity contribution in [2.24, 2.45) is 22.7 Å². The predicted molar refractivity (Wildman–Crippen MR) is 144 cm³/mol. The van der Waals surface area contributed by atoms with E-state index in [2.05, 4.69) is 28.1 Å². The number of morpholine rings is 1. The second-order valence-electron chi connectivity index (χ2n) is 11.5. The highest BCUT2D eigenvalue weighted by atomic mass is 32.2. The molecular formula is C30H32N2O3S. The van der Waals surface area contributed by atoms with E-state index in [9.17, 15) is 9.90 Å². The lowest BCUT2D eigenvalue weighted by atomic mass is 9.48. The molecule has 1 saturated heterocycles. The van der Waals surface area contributed by atoms with Crippen LogP contribution in [0.25, 0.3) is 17.2 Å². The molecule has 0 radical (unpaired) electrons. The summed E-state index contributed by atoms with van der Waals surface area (Å²) in [7, 11) is 0. The molecule has 6 aliphatic rings. The van der Waals surface area contributed by atoms with Crippen molar-refractivity contribution in [2.75, 3.05) is 26.3 Å². The maximum atomic E-state index is 12.6. The fourth-order valence-corrected chi connectivity index (χ4v) is 8.79. The Balaban J connectivity index is 1.16. The first-order valence-corrected chi connectivity index (χ1v) is 14.2. The van der Waals surface area contributed by atoms with Crippen molar-refractivity contribution in [1.82, 2.24) is 4.90 Å². The van der Waals surface area contributed by atoms with E-state index in [4.69, 9.17) is 4.74 Å². The molecule has 0 atom stereocenters. The van der Waals surface area contributed by atoms with Crippen molar-refractivity contribution >= 4 is 28.9 Å². The molecule has 4 aliphatic carbocycles. The summed E-state index contributed by atoms with van der Waals surface area (Å²) in [6.07, 6.45) is 9.82. The summed E-state index contributed by atoms with van der Waals surface area (Å²) in [4.78, 5) is 19.7. The number of phenolic OH excluding ortho intramolecular Hbond substituents is 1. The van der Waals surface area contributed by atoms with Gasteiger partial charge in [0, 0.05) is 18.7 Å². The van der Waals surface area contributed by atoms with Crippen LogP contribution >= 0.6 is 11.8 Å². The number of thioether (sulfide) groups is 1. The molecule has 5 fully saturated rings. The molecule has 4 bridgehead atoms. The molecule has 1 amide bonds. The minimum atomic E-state index is -0.166. The number of ether oxygens (including phenoxy) is 1. The summed E-state index contributed by atoms with van der Waals surface area (Å²) in [5.74, 6) is 2.79. The van der Waals surface area contributed by atoms with E-state index in [1.165, 1.54) is 50.3 Å². The lowest BCUT2D eigenvalue weighted by Crippen LogP contribution is -2.48. The van der Waals surface area contributed by atoms with Gasteiger partial charge in [0.15, 0.2) is 5.17 Å². The lowest BCUT2D eigenvalue weighted by molar-refractivity contribution is -0.113. The van der Waals surface area contributed by atoms with Crippen LogP contribution in [0.3, 0.4) is 0 Å². The van der Waals surface area contributed by atoms with Crippen LogP contribution < -0.4 is 0 Å². The van der Waals surface area contributed by atoms with Crippen molar-refractivity contribution < 1.29 is 14.6 Å². The van der Waals surface area contributed by atoms with E-state index in [1.54, 1.807) is 0 Å². The number of phenols is 1. The van der Waals surface area contributed by atoms with Crippen LogP contribution in [0.5, 0.6) is 5.75 Å². The first kappa shape index (κ1) is 22.6. The molecule has 2 aliphatic heterocycles. The van der Waals surface area contributed by atoms with Gasteiger partial charge in [0.25, 0.3) is 5.91 Å². The minimum absolute atomic E-state index is 0.147. The number of rotatable bonds is 3. The van der Waals surface area contributed by atoms with E-state index in [0.717, 1.165) is 58.3 Å². The zero-order chi connectivity index (χ0) is 24.3. The van der Waals surface area contributed by atoms with Crippen molar-refractivity contribution in [3.05, 3.63) is 58.5 Å². The summed E-state index contributed by atoms with van der Waals surface area (Å²) < 4.78 is 5.43. The van der Waals surface area contributed by atoms with Crippen LogP contribution in [-0.2, 0) is 14.9 Å². The molecule has 36 heavy (non-hydrogen) atoms. The highest BCUT2D eigenvalue weighted by Crippen LogP contribution is 2.62. The van der Waals surface area contributed by atoms with Crippen molar-refractivity contribution in [1.29, 1.82) is 0 Å². The van der Waals surface area contributed by atoms with Gasteiger partial charge in [-0.3, -0.25) is 4.79 Å². The van der Waals surface area contributed by atoms with Crippen LogP contribution in [0, 0.1) is 17.8 Å². The van der Waals surface area contributed by atoms with E-state index in [0.29, 0.717) is 23.9 Å². The maximum absolute atomic E-state index is 12.6. The number of benzene rings is 2.